The first kappa shape index (κ1) is 14.1. The van der Waals surface area contributed by atoms with Crippen molar-refractivity contribution in [3.63, 3.8) is 0 Å². The standard InChI is InChI=1S/C13H14N4O2S/c14-11-6-2-4-8(16-11)3-1-5-10(18)13-17-9(7-20-13)12(15)19/h2,4,6-7H,1,3,5H2,(H2,14,16)(H2,15,19). The van der Waals surface area contributed by atoms with Gasteiger partial charge < -0.3 is 11.5 Å². The largest absolute Gasteiger partial charge is 0.384 e. The molecule has 2 aromatic rings. The fourth-order valence-electron chi connectivity index (χ4n) is 1.69. The summed E-state index contributed by atoms with van der Waals surface area (Å²) in [5.41, 5.74) is 11.7. The average molecular weight is 290 g/mol. The van der Waals surface area contributed by atoms with E-state index in [1.807, 2.05) is 12.1 Å². The first-order valence-electron chi connectivity index (χ1n) is 6.06. The summed E-state index contributed by atoms with van der Waals surface area (Å²) >= 11 is 1.14. The number of rotatable bonds is 6. The van der Waals surface area contributed by atoms with E-state index in [1.165, 1.54) is 5.38 Å². The summed E-state index contributed by atoms with van der Waals surface area (Å²) in [6.45, 7) is 0. The summed E-state index contributed by atoms with van der Waals surface area (Å²) in [5, 5.41) is 1.81. The second-order valence-electron chi connectivity index (χ2n) is 4.23. The number of nitrogen functional groups attached to an aromatic ring is 1. The minimum absolute atomic E-state index is 0.0913. The molecule has 2 rings (SSSR count). The molecule has 0 radical (unpaired) electrons. The molecule has 0 unspecified atom stereocenters. The Kier molecular flexibility index (Phi) is 4.41. The van der Waals surface area contributed by atoms with Gasteiger partial charge >= 0.3 is 0 Å². The van der Waals surface area contributed by atoms with E-state index in [2.05, 4.69) is 9.97 Å². The van der Waals surface area contributed by atoms with Crippen LogP contribution in [-0.2, 0) is 6.42 Å². The maximum atomic E-state index is 11.9. The molecule has 0 spiro atoms. The first-order valence-corrected chi connectivity index (χ1v) is 6.94. The average Bonchev–Trinajstić information content (AvgIpc) is 2.88. The Hall–Kier alpha value is -2.28. The molecule has 104 valence electrons. The molecule has 2 heterocycles. The van der Waals surface area contributed by atoms with Gasteiger partial charge in [-0.3, -0.25) is 9.59 Å². The van der Waals surface area contributed by atoms with E-state index in [1.54, 1.807) is 6.07 Å². The van der Waals surface area contributed by atoms with E-state index in [9.17, 15) is 9.59 Å². The van der Waals surface area contributed by atoms with Crippen LogP contribution < -0.4 is 11.5 Å². The molecular weight excluding hydrogens is 276 g/mol. The number of aryl methyl sites for hydroxylation is 1. The minimum Gasteiger partial charge on any atom is -0.384 e. The van der Waals surface area contributed by atoms with Crippen molar-refractivity contribution in [1.29, 1.82) is 0 Å². The van der Waals surface area contributed by atoms with E-state index in [0.717, 1.165) is 17.0 Å². The Morgan fingerprint density at radius 1 is 1.25 bits per heavy atom. The SMILES string of the molecule is NC(=O)c1csc(C(=O)CCCc2cccc(N)n2)n1. The van der Waals surface area contributed by atoms with Crippen LogP contribution >= 0.6 is 11.3 Å². The number of thiazole rings is 1. The number of hydrogen-bond donors (Lipinski definition) is 2. The fraction of sp³-hybridized carbons (Fsp3) is 0.231. The number of hydrogen-bond acceptors (Lipinski definition) is 6. The predicted molar refractivity (Wildman–Crippen MR) is 76.5 cm³/mol. The number of primary amides is 1. The van der Waals surface area contributed by atoms with Crippen molar-refractivity contribution in [3.8, 4) is 0 Å². The maximum Gasteiger partial charge on any atom is 0.268 e. The molecule has 0 atom stereocenters. The first-order chi connectivity index (χ1) is 9.56. The summed E-state index contributed by atoms with van der Waals surface area (Å²) in [4.78, 5) is 30.9. The topological polar surface area (TPSA) is 112 Å². The van der Waals surface area contributed by atoms with Crippen LogP contribution in [0.15, 0.2) is 23.6 Å². The van der Waals surface area contributed by atoms with E-state index in [-0.39, 0.29) is 11.5 Å². The lowest BCUT2D eigenvalue weighted by Gasteiger charge is -2.00. The molecule has 0 aromatic carbocycles. The normalized spacial score (nSPS) is 10.4. The number of nitrogens with zero attached hydrogens (tertiary/aromatic N) is 2. The van der Waals surface area contributed by atoms with Gasteiger partial charge in [0.15, 0.2) is 10.8 Å². The lowest BCUT2D eigenvalue weighted by atomic mass is 10.1. The third-order valence-electron chi connectivity index (χ3n) is 2.66. The highest BCUT2D eigenvalue weighted by Crippen LogP contribution is 2.14. The lowest BCUT2D eigenvalue weighted by molar-refractivity contribution is 0.0979. The lowest BCUT2D eigenvalue weighted by Crippen LogP contribution is -2.11. The quantitative estimate of drug-likeness (QED) is 0.781. The highest BCUT2D eigenvalue weighted by atomic mass is 32.1. The van der Waals surface area contributed by atoms with Gasteiger partial charge in [0.1, 0.15) is 11.5 Å². The summed E-state index contributed by atoms with van der Waals surface area (Å²) < 4.78 is 0. The minimum atomic E-state index is -0.621. The zero-order valence-corrected chi connectivity index (χ0v) is 11.5. The van der Waals surface area contributed by atoms with Crippen LogP contribution in [0.1, 0.15) is 38.8 Å². The van der Waals surface area contributed by atoms with Gasteiger partial charge in [-0.15, -0.1) is 11.3 Å². The Morgan fingerprint density at radius 3 is 2.70 bits per heavy atom. The van der Waals surface area contributed by atoms with Gasteiger partial charge in [-0.05, 0) is 25.0 Å². The Morgan fingerprint density at radius 2 is 2.05 bits per heavy atom. The van der Waals surface area contributed by atoms with Crippen molar-refractivity contribution >= 4 is 28.8 Å². The second-order valence-corrected chi connectivity index (χ2v) is 5.09. The smallest absolute Gasteiger partial charge is 0.268 e. The van der Waals surface area contributed by atoms with Crippen LogP contribution in [0, 0.1) is 0 Å². The van der Waals surface area contributed by atoms with Crippen LogP contribution in [0.2, 0.25) is 0 Å². The Labute approximate surface area is 119 Å². The Balaban J connectivity index is 1.87. The fourth-order valence-corrected chi connectivity index (χ4v) is 2.47. The number of pyridine rings is 1. The van der Waals surface area contributed by atoms with Crippen molar-refractivity contribution in [3.05, 3.63) is 40.0 Å². The van der Waals surface area contributed by atoms with Crippen LogP contribution in [0.25, 0.3) is 0 Å². The third kappa shape index (κ3) is 3.61. The molecule has 0 aliphatic rings. The molecule has 1 amide bonds. The van der Waals surface area contributed by atoms with Crippen LogP contribution in [0.3, 0.4) is 0 Å². The number of ketones is 1. The molecule has 0 saturated carbocycles. The molecule has 0 saturated heterocycles. The molecule has 7 heteroatoms. The van der Waals surface area contributed by atoms with E-state index in [4.69, 9.17) is 11.5 Å². The van der Waals surface area contributed by atoms with Gasteiger partial charge in [-0.2, -0.15) is 0 Å². The number of amides is 1. The number of carbonyl (C=O) groups excluding carboxylic acids is 2. The van der Waals surface area contributed by atoms with E-state index < -0.39 is 5.91 Å². The summed E-state index contributed by atoms with van der Waals surface area (Å²) in [6.07, 6.45) is 1.67. The summed E-state index contributed by atoms with van der Waals surface area (Å²) in [6, 6.07) is 5.42. The zero-order valence-electron chi connectivity index (χ0n) is 10.7. The number of carbonyl (C=O) groups is 2. The number of anilines is 1. The van der Waals surface area contributed by atoms with Gasteiger partial charge in [0, 0.05) is 17.5 Å². The van der Waals surface area contributed by atoms with Gasteiger partial charge in [-0.1, -0.05) is 6.07 Å². The molecule has 0 aliphatic carbocycles. The molecule has 6 nitrogen and oxygen atoms in total. The van der Waals surface area contributed by atoms with Crippen molar-refractivity contribution < 1.29 is 9.59 Å². The van der Waals surface area contributed by atoms with E-state index in [0.29, 0.717) is 30.1 Å². The molecular formula is C13H14N4O2S. The van der Waals surface area contributed by atoms with E-state index >= 15 is 0 Å². The van der Waals surface area contributed by atoms with Crippen molar-refractivity contribution in [2.75, 3.05) is 5.73 Å². The molecule has 0 fully saturated rings. The van der Waals surface area contributed by atoms with Crippen LogP contribution in [0.5, 0.6) is 0 Å². The molecule has 20 heavy (non-hydrogen) atoms. The van der Waals surface area contributed by atoms with Gasteiger partial charge in [-0.25, -0.2) is 9.97 Å². The molecule has 0 aliphatic heterocycles. The monoisotopic (exact) mass is 290 g/mol. The van der Waals surface area contributed by atoms with Gasteiger partial charge in [0.25, 0.3) is 5.91 Å². The predicted octanol–water partition coefficient (Wildman–Crippen LogP) is 1.42. The highest BCUT2D eigenvalue weighted by molar-refractivity contribution is 7.11. The zero-order chi connectivity index (χ0) is 14.5. The van der Waals surface area contributed by atoms with Crippen molar-refractivity contribution in [2.45, 2.75) is 19.3 Å². The highest BCUT2D eigenvalue weighted by Gasteiger charge is 2.13. The summed E-state index contributed by atoms with van der Waals surface area (Å²) in [7, 11) is 0. The molecule has 4 N–H and O–H groups in total. The van der Waals surface area contributed by atoms with Crippen molar-refractivity contribution in [2.24, 2.45) is 5.73 Å². The molecule has 2 aromatic heterocycles. The van der Waals surface area contributed by atoms with Gasteiger partial charge in [0.05, 0.1) is 0 Å². The number of nitrogens with two attached hydrogens (primary N) is 2. The van der Waals surface area contributed by atoms with Gasteiger partial charge in [0.2, 0.25) is 0 Å². The van der Waals surface area contributed by atoms with Crippen LogP contribution in [0.4, 0.5) is 5.82 Å². The number of aromatic nitrogens is 2. The maximum absolute atomic E-state index is 11.9. The Bertz CT molecular complexity index is 639. The second kappa shape index (κ2) is 6.25. The molecule has 0 bridgehead atoms. The summed E-state index contributed by atoms with van der Waals surface area (Å²) in [5.74, 6) is -0.240. The van der Waals surface area contributed by atoms with Crippen molar-refractivity contribution in [1.82, 2.24) is 9.97 Å². The number of Topliss-reactive ketones (excluding diaryl/α,β-unsaturated/α-hetero) is 1. The van der Waals surface area contributed by atoms with Crippen LogP contribution in [-0.4, -0.2) is 21.7 Å². The third-order valence-corrected chi connectivity index (χ3v) is 3.54.